The third kappa shape index (κ3) is 12.2. The van der Waals surface area contributed by atoms with Gasteiger partial charge in [-0.3, -0.25) is 4.68 Å². The van der Waals surface area contributed by atoms with Crippen LogP contribution in [-0.2, 0) is 46.3 Å². The van der Waals surface area contributed by atoms with Crippen molar-refractivity contribution in [3.63, 3.8) is 0 Å². The number of aromatic nitrogens is 2. The molecule has 1 heterocycles. The lowest BCUT2D eigenvalue weighted by molar-refractivity contribution is 0.368. The zero-order chi connectivity index (χ0) is 24.7. The van der Waals surface area contributed by atoms with Gasteiger partial charge < -0.3 is 28.3 Å². The Bertz CT molecular complexity index is 963. The zero-order valence-corrected chi connectivity index (χ0v) is 19.3. The number of hydrogen-bond acceptors (Lipinski definition) is 9. The summed E-state index contributed by atoms with van der Waals surface area (Å²) < 4.78 is 53.9. The molecule has 12 nitrogen and oxygen atoms in total. The van der Waals surface area contributed by atoms with E-state index in [2.05, 4.69) is 14.1 Å². The van der Waals surface area contributed by atoms with Crippen LogP contribution in [0.5, 0.6) is 11.5 Å². The van der Waals surface area contributed by atoms with Crippen molar-refractivity contribution in [1.29, 1.82) is 5.26 Å². The molecule has 0 saturated heterocycles. The molecule has 0 fully saturated rings. The summed E-state index contributed by atoms with van der Waals surface area (Å²) in [5.74, 6) is 1.18. The van der Waals surface area contributed by atoms with Crippen LogP contribution in [0.2, 0.25) is 0 Å². The van der Waals surface area contributed by atoms with Crippen molar-refractivity contribution in [3.05, 3.63) is 46.6 Å². The Kier molecular flexibility index (Phi) is 17.5. The summed E-state index contributed by atoms with van der Waals surface area (Å²) >= 11 is -5.18. The second kappa shape index (κ2) is 17.8. The van der Waals surface area contributed by atoms with Gasteiger partial charge in [-0.2, -0.15) is 10.4 Å². The third-order valence-corrected chi connectivity index (χ3v) is 3.87. The predicted molar refractivity (Wildman–Crippen MR) is 122 cm³/mol. The number of ether oxygens (including phenoxy) is 1. The summed E-state index contributed by atoms with van der Waals surface area (Å²) in [6.45, 7) is 12.3. The van der Waals surface area contributed by atoms with Gasteiger partial charge in [0, 0.05) is 12.1 Å². The maximum Gasteiger partial charge on any atom is 0.192 e. The number of benzene rings is 1. The van der Waals surface area contributed by atoms with Crippen molar-refractivity contribution in [2.75, 3.05) is 13.7 Å². The Morgan fingerprint density at radius 1 is 1.30 bits per heavy atom. The van der Waals surface area contributed by atoms with Crippen molar-refractivity contribution >= 4 is 28.4 Å². The second-order valence-electron chi connectivity index (χ2n) is 5.57. The second-order valence-corrected chi connectivity index (χ2v) is 6.75. The highest BCUT2D eigenvalue weighted by molar-refractivity contribution is 7.74. The number of hydrogen-bond donors (Lipinski definition) is 2. The van der Waals surface area contributed by atoms with Gasteiger partial charge in [0.25, 0.3) is 0 Å². The zero-order valence-electron chi connectivity index (χ0n) is 17.6. The summed E-state index contributed by atoms with van der Waals surface area (Å²) in [7, 11) is 1.09. The van der Waals surface area contributed by atoms with E-state index in [1.54, 1.807) is 18.2 Å². The summed E-state index contributed by atoms with van der Waals surface area (Å²) in [4.78, 5) is 3.38. The maximum atomic E-state index is 9.15. The normalized spacial score (nSPS) is 11.2. The van der Waals surface area contributed by atoms with Crippen molar-refractivity contribution in [2.45, 2.75) is 40.7 Å². The average molecular weight is 502 g/mol. The van der Waals surface area contributed by atoms with Crippen molar-refractivity contribution in [1.82, 2.24) is 9.78 Å². The summed E-state index contributed by atoms with van der Waals surface area (Å²) in [5, 5.41) is 13.6. The van der Waals surface area contributed by atoms with E-state index < -0.39 is 22.7 Å². The molecule has 0 aliphatic rings. The quantitative estimate of drug-likeness (QED) is 0.421. The van der Waals surface area contributed by atoms with E-state index in [1.807, 2.05) is 24.6 Å². The molecule has 2 rings (SSSR count). The minimum Gasteiger partial charge on any atom is -0.750 e. The number of nitrogens with zero attached hydrogens (tertiary/aromatic N) is 4. The van der Waals surface area contributed by atoms with Gasteiger partial charge in [-0.1, -0.05) is 21.3 Å². The monoisotopic (exact) mass is 501 g/mol. The van der Waals surface area contributed by atoms with E-state index in [9.17, 15) is 0 Å². The first-order valence-electron chi connectivity index (χ1n) is 8.98. The molecule has 184 valence electrons. The van der Waals surface area contributed by atoms with Crippen molar-refractivity contribution < 1.29 is 31.0 Å². The van der Waals surface area contributed by atoms with Crippen LogP contribution in [0.3, 0.4) is 0 Å². The lowest BCUT2D eigenvalue weighted by atomic mass is 10.2. The fourth-order valence-electron chi connectivity index (χ4n) is 2.42. The van der Waals surface area contributed by atoms with Gasteiger partial charge >= 0.3 is 0 Å². The first kappa shape index (κ1) is 32.5. The summed E-state index contributed by atoms with van der Waals surface area (Å²) in [6.07, 6.45) is 1.49. The molecule has 0 amide bonds. The number of aryl methyl sites for hydroxylation is 1. The molecule has 3 N–H and O–H groups in total. The molecule has 1 aromatic heterocycles. The van der Waals surface area contributed by atoms with Crippen LogP contribution in [0, 0.1) is 17.9 Å². The lowest BCUT2D eigenvalue weighted by Gasteiger charge is -2.09. The van der Waals surface area contributed by atoms with Crippen LogP contribution < -0.4 is 10.5 Å². The molecular formula is C19H27N5O7S2-2. The minimum atomic E-state index is -2.86. The molecule has 0 radical (unpaired) electrons. The van der Waals surface area contributed by atoms with Gasteiger partial charge in [-0.15, -0.1) is 0 Å². The Morgan fingerprint density at radius 2 is 1.88 bits per heavy atom. The van der Waals surface area contributed by atoms with E-state index in [0.717, 1.165) is 31.3 Å². The number of nitriles is 1. The van der Waals surface area contributed by atoms with E-state index in [-0.39, 0.29) is 7.43 Å². The fraction of sp³-hybridized carbons (Fsp3) is 0.421. The molecule has 0 aliphatic heterocycles. The SMILES string of the molecule is C.COS(=O)[O-].O=S([O-])O.[C-]#[N+]c1cc(C#N)cc(Oc2c(CC)nn(CCN)c2CC)c1. The van der Waals surface area contributed by atoms with Gasteiger partial charge in [0.2, 0.25) is 0 Å². The van der Waals surface area contributed by atoms with Crippen molar-refractivity contribution in [2.24, 2.45) is 5.73 Å². The Balaban J connectivity index is 0. The summed E-state index contributed by atoms with van der Waals surface area (Å²) in [6, 6.07) is 6.86. The first-order valence-corrected chi connectivity index (χ1v) is 11.0. The van der Waals surface area contributed by atoms with E-state index in [1.165, 1.54) is 0 Å². The molecule has 2 atom stereocenters. The van der Waals surface area contributed by atoms with Crippen LogP contribution >= 0.6 is 0 Å². The van der Waals surface area contributed by atoms with Crippen LogP contribution in [-0.4, -0.2) is 45.5 Å². The molecule has 1 aromatic carbocycles. The van der Waals surface area contributed by atoms with Gasteiger partial charge in [0.05, 0.1) is 54.7 Å². The van der Waals surface area contributed by atoms with Crippen LogP contribution in [0.4, 0.5) is 5.69 Å². The molecule has 0 spiro atoms. The van der Waals surface area contributed by atoms with Gasteiger partial charge in [-0.05, 0) is 31.0 Å². The summed E-state index contributed by atoms with van der Waals surface area (Å²) in [5.41, 5.74) is 8.24. The highest BCUT2D eigenvalue weighted by Crippen LogP contribution is 2.33. The smallest absolute Gasteiger partial charge is 0.192 e. The predicted octanol–water partition coefficient (Wildman–Crippen LogP) is 2.58. The molecule has 33 heavy (non-hydrogen) atoms. The number of rotatable bonds is 7. The van der Waals surface area contributed by atoms with Crippen LogP contribution in [0.25, 0.3) is 4.85 Å². The maximum absolute atomic E-state index is 9.15. The molecule has 0 bridgehead atoms. The molecule has 14 heteroatoms. The first-order chi connectivity index (χ1) is 15.2. The van der Waals surface area contributed by atoms with Gasteiger partial charge in [-0.25, -0.2) is 13.3 Å². The molecule has 0 aliphatic carbocycles. The Morgan fingerprint density at radius 3 is 2.27 bits per heavy atom. The Hall–Kier alpha value is -2.69. The lowest BCUT2D eigenvalue weighted by Crippen LogP contribution is -2.13. The highest BCUT2D eigenvalue weighted by atomic mass is 32.2. The minimum absolute atomic E-state index is 0. The molecule has 0 saturated carbocycles. The van der Waals surface area contributed by atoms with Crippen molar-refractivity contribution in [3.8, 4) is 17.6 Å². The molecule has 2 aromatic rings. The average Bonchev–Trinajstić information content (AvgIpc) is 3.09. The molecule has 2 unspecified atom stereocenters. The topological polar surface area (TPSA) is 191 Å². The van der Waals surface area contributed by atoms with Crippen LogP contribution in [0.15, 0.2) is 18.2 Å². The van der Waals surface area contributed by atoms with E-state index in [0.29, 0.717) is 35.8 Å². The van der Waals surface area contributed by atoms with E-state index in [4.69, 9.17) is 44.4 Å². The standard InChI is InChI=1S/C17H19N5O.CH4O3S.CH4.H2O3S/c1-4-15-17(16(5-2)22(21-15)7-6-18)23-14-9-12(11-19)8-13(10-14)20-3;1-4-5(2)3;;1-4(2)3/h8-10H,4-7,18H2,1-2H3;1H3,(H,2,3);1H4;(H2,1,2,3)/p-2. The van der Waals surface area contributed by atoms with Gasteiger partial charge in [0.15, 0.2) is 11.4 Å². The molecular weight excluding hydrogens is 474 g/mol. The number of nitrogens with two attached hydrogens (primary N) is 1. The fourth-order valence-corrected chi connectivity index (χ4v) is 2.42. The van der Waals surface area contributed by atoms with Gasteiger partial charge in [0.1, 0.15) is 11.4 Å². The van der Waals surface area contributed by atoms with Crippen LogP contribution in [0.1, 0.15) is 38.2 Å². The highest BCUT2D eigenvalue weighted by Gasteiger charge is 2.18. The largest absolute Gasteiger partial charge is 0.750 e. The van der Waals surface area contributed by atoms with E-state index >= 15 is 0 Å². The third-order valence-electron chi connectivity index (χ3n) is 3.59. The Labute approximate surface area is 198 Å².